The van der Waals surface area contributed by atoms with Crippen LogP contribution in [-0.4, -0.2) is 17.7 Å². The van der Waals surface area contributed by atoms with Crippen LogP contribution in [-0.2, 0) is 28.7 Å². The maximum absolute atomic E-state index is 7.45. The van der Waals surface area contributed by atoms with Crippen LogP contribution in [0, 0.1) is 0 Å². The van der Waals surface area contributed by atoms with Crippen molar-refractivity contribution in [3.8, 4) is 22.6 Å². The van der Waals surface area contributed by atoms with Crippen molar-refractivity contribution in [2.24, 2.45) is 0 Å². The Bertz CT molecular complexity index is 1850. The summed E-state index contributed by atoms with van der Waals surface area (Å²) in [7, 11) is 0. The Hall–Kier alpha value is -4.38. The van der Waals surface area contributed by atoms with Gasteiger partial charge in [-0.1, -0.05) is 103 Å². The van der Waals surface area contributed by atoms with E-state index in [4.69, 9.17) is 14.2 Å². The highest BCUT2D eigenvalue weighted by molar-refractivity contribution is 5.83. The zero-order valence-corrected chi connectivity index (χ0v) is 22.4. The summed E-state index contributed by atoms with van der Waals surface area (Å²) in [5.41, 5.74) is 10.7. The fourth-order valence-electron chi connectivity index (χ4n) is 8.71. The number of nitrogens with zero attached hydrogens (tertiary/aromatic N) is 1. The van der Waals surface area contributed by atoms with Crippen molar-refractivity contribution in [2.45, 2.75) is 36.3 Å². The summed E-state index contributed by atoms with van der Waals surface area (Å²) in [4.78, 5) is 2.74. The molecule has 4 nitrogen and oxygen atoms in total. The van der Waals surface area contributed by atoms with Gasteiger partial charge in [0.15, 0.2) is 11.5 Å². The Balaban J connectivity index is 1.31. The van der Waals surface area contributed by atoms with Crippen LogP contribution in [0.4, 0.5) is 0 Å². The molecule has 5 aliphatic rings. The predicted molar refractivity (Wildman–Crippen MR) is 156 cm³/mol. The maximum atomic E-state index is 7.45. The predicted octanol–water partition coefficient (Wildman–Crippen LogP) is 7.09. The van der Waals surface area contributed by atoms with E-state index in [1.165, 1.54) is 50.1 Å². The standard InChI is InChI=1S/C37H27NO3/c1-2-11-25(12-3-1)37(29-16-8-6-14-27(29)28-15-7-9-17-30(28)37)38-34-19-24-18-32-33(40-22-39-32)20-31(24)36(34)21-23-10-4-5-13-26(23)35(38)41-36/h1-18,20,34-35H,19,21-22H2/t34-,35+,36+/m1/s1. The molecule has 0 N–H and O–H groups in total. The highest BCUT2D eigenvalue weighted by Gasteiger charge is 2.68. The molecule has 198 valence electrons. The Kier molecular flexibility index (Phi) is 4.17. The molecule has 5 aromatic rings. The number of ether oxygens (including phenoxy) is 3. The van der Waals surface area contributed by atoms with E-state index in [0.717, 1.165) is 24.3 Å². The van der Waals surface area contributed by atoms with Crippen LogP contribution in [0.2, 0.25) is 0 Å². The van der Waals surface area contributed by atoms with Crippen LogP contribution < -0.4 is 9.47 Å². The fourth-order valence-corrected chi connectivity index (χ4v) is 8.71. The molecule has 3 atom stereocenters. The van der Waals surface area contributed by atoms with Gasteiger partial charge < -0.3 is 14.2 Å². The Morgan fingerprint density at radius 3 is 2.07 bits per heavy atom. The van der Waals surface area contributed by atoms with Crippen LogP contribution >= 0.6 is 0 Å². The topological polar surface area (TPSA) is 30.9 Å². The summed E-state index contributed by atoms with van der Waals surface area (Å²) in [5, 5.41) is 0. The SMILES string of the molecule is c1ccc(C2(N3[C@H]4O[C@@]5(Cc6ccccc64)c4cc6c(cc4C[C@@H]35)OCO6)c3ccccc3-c3ccccc32)cc1. The number of benzene rings is 5. The molecule has 0 aromatic heterocycles. The number of fused-ring (bicyclic) bond motifs is 8. The zero-order valence-electron chi connectivity index (χ0n) is 22.4. The number of hydrogen-bond acceptors (Lipinski definition) is 4. The lowest BCUT2D eigenvalue weighted by Crippen LogP contribution is -2.52. The van der Waals surface area contributed by atoms with Crippen LogP contribution in [0.1, 0.15) is 45.2 Å². The Morgan fingerprint density at radius 2 is 1.29 bits per heavy atom. The van der Waals surface area contributed by atoms with Crippen molar-refractivity contribution in [3.63, 3.8) is 0 Å². The third-order valence-electron chi connectivity index (χ3n) is 10.2. The van der Waals surface area contributed by atoms with E-state index in [1.807, 2.05) is 0 Å². The molecule has 1 fully saturated rings. The van der Waals surface area contributed by atoms with Crippen LogP contribution in [0.25, 0.3) is 11.1 Å². The van der Waals surface area contributed by atoms with Gasteiger partial charge in [0.2, 0.25) is 6.79 Å². The molecule has 10 rings (SSSR count). The first-order valence-corrected chi connectivity index (χ1v) is 14.5. The second-order valence-electron chi connectivity index (χ2n) is 11.9. The molecule has 2 bridgehead atoms. The van der Waals surface area contributed by atoms with Gasteiger partial charge in [-0.2, -0.15) is 0 Å². The lowest BCUT2D eigenvalue weighted by molar-refractivity contribution is -0.0853. The van der Waals surface area contributed by atoms with E-state index < -0.39 is 11.1 Å². The minimum absolute atomic E-state index is 0.108. The maximum Gasteiger partial charge on any atom is 0.231 e. The van der Waals surface area contributed by atoms with Gasteiger partial charge in [0, 0.05) is 6.42 Å². The van der Waals surface area contributed by atoms with Crippen molar-refractivity contribution in [1.82, 2.24) is 4.90 Å². The Labute approximate surface area is 238 Å². The molecular weight excluding hydrogens is 506 g/mol. The summed E-state index contributed by atoms with van der Waals surface area (Å²) < 4.78 is 19.2. The minimum Gasteiger partial charge on any atom is -0.454 e. The van der Waals surface area contributed by atoms with Crippen molar-refractivity contribution >= 4 is 0 Å². The summed E-state index contributed by atoms with van der Waals surface area (Å²) in [6.45, 7) is 0.276. The average molecular weight is 534 g/mol. The van der Waals surface area contributed by atoms with E-state index in [2.05, 4.69) is 120 Å². The largest absolute Gasteiger partial charge is 0.454 e. The molecule has 0 unspecified atom stereocenters. The molecule has 2 aliphatic carbocycles. The molecule has 3 aliphatic heterocycles. The van der Waals surface area contributed by atoms with Gasteiger partial charge in [-0.15, -0.1) is 0 Å². The van der Waals surface area contributed by atoms with Crippen molar-refractivity contribution in [1.29, 1.82) is 0 Å². The molecule has 0 saturated carbocycles. The smallest absolute Gasteiger partial charge is 0.231 e. The lowest BCUT2D eigenvalue weighted by Gasteiger charge is -2.46. The van der Waals surface area contributed by atoms with Crippen molar-refractivity contribution in [2.75, 3.05) is 6.79 Å². The van der Waals surface area contributed by atoms with E-state index >= 15 is 0 Å². The summed E-state index contributed by atoms with van der Waals surface area (Å²) in [5.74, 6) is 1.67. The molecule has 4 heteroatoms. The Morgan fingerprint density at radius 1 is 0.634 bits per heavy atom. The average Bonchev–Trinajstić information content (AvgIpc) is 3.74. The van der Waals surface area contributed by atoms with Gasteiger partial charge in [-0.05, 0) is 68.6 Å². The van der Waals surface area contributed by atoms with Gasteiger partial charge in [0.05, 0.1) is 6.04 Å². The highest BCUT2D eigenvalue weighted by atomic mass is 16.7. The fraction of sp³-hybridized carbons (Fsp3) is 0.189. The first kappa shape index (κ1) is 22.3. The van der Waals surface area contributed by atoms with Gasteiger partial charge >= 0.3 is 0 Å². The number of hydrogen-bond donors (Lipinski definition) is 0. The van der Waals surface area contributed by atoms with E-state index in [9.17, 15) is 0 Å². The van der Waals surface area contributed by atoms with Crippen LogP contribution in [0.3, 0.4) is 0 Å². The van der Waals surface area contributed by atoms with E-state index in [0.29, 0.717) is 0 Å². The summed E-state index contributed by atoms with van der Waals surface area (Å²) in [6.07, 6.45) is 1.51. The molecule has 1 spiro atoms. The third-order valence-corrected chi connectivity index (χ3v) is 10.2. The van der Waals surface area contributed by atoms with Crippen molar-refractivity contribution in [3.05, 3.63) is 154 Å². The van der Waals surface area contributed by atoms with Gasteiger partial charge in [-0.25, -0.2) is 4.90 Å². The van der Waals surface area contributed by atoms with Crippen LogP contribution in [0.5, 0.6) is 11.5 Å². The zero-order chi connectivity index (χ0) is 26.8. The van der Waals surface area contributed by atoms with E-state index in [1.54, 1.807) is 0 Å². The molecule has 5 aromatic carbocycles. The number of rotatable bonds is 2. The second-order valence-corrected chi connectivity index (χ2v) is 11.9. The molecule has 1 saturated heterocycles. The van der Waals surface area contributed by atoms with Crippen molar-refractivity contribution < 1.29 is 14.2 Å². The quantitative estimate of drug-likeness (QED) is 0.242. The summed E-state index contributed by atoms with van der Waals surface area (Å²) in [6, 6.07) is 42.4. The van der Waals surface area contributed by atoms with Gasteiger partial charge in [0.25, 0.3) is 0 Å². The third kappa shape index (κ3) is 2.59. The second kappa shape index (κ2) is 7.67. The van der Waals surface area contributed by atoms with Gasteiger partial charge in [-0.3, -0.25) is 0 Å². The van der Waals surface area contributed by atoms with E-state index in [-0.39, 0.29) is 19.1 Å². The monoisotopic (exact) mass is 533 g/mol. The molecule has 3 heterocycles. The molecular formula is C37H27NO3. The first-order chi connectivity index (χ1) is 20.3. The minimum atomic E-state index is -0.527. The summed E-state index contributed by atoms with van der Waals surface area (Å²) >= 11 is 0. The van der Waals surface area contributed by atoms with Crippen LogP contribution in [0.15, 0.2) is 115 Å². The lowest BCUT2D eigenvalue weighted by atomic mass is 9.77. The molecule has 0 radical (unpaired) electrons. The molecule has 0 amide bonds. The normalized spacial score (nSPS) is 25.3. The molecule has 41 heavy (non-hydrogen) atoms. The first-order valence-electron chi connectivity index (χ1n) is 14.5. The highest BCUT2D eigenvalue weighted by Crippen LogP contribution is 2.66. The van der Waals surface area contributed by atoms with Gasteiger partial charge in [0.1, 0.15) is 17.4 Å².